The monoisotopic (exact) mass is 556 g/mol. The molecule has 10 nitrogen and oxygen atoms in total. The highest BCUT2D eigenvalue weighted by Gasteiger charge is 2.22. The molecule has 0 atom stereocenters. The van der Waals surface area contributed by atoms with Gasteiger partial charge in [-0.15, -0.1) is 10.2 Å². The van der Waals surface area contributed by atoms with Gasteiger partial charge in [-0.05, 0) is 30.3 Å². The molecule has 0 aromatic heterocycles. The third-order valence-corrected chi connectivity index (χ3v) is 5.16. The number of anilines is 2. The maximum absolute atomic E-state index is 11.9. The first-order chi connectivity index (χ1) is 18.4. The normalized spacial score (nSPS) is 10.5. The lowest BCUT2D eigenvalue weighted by atomic mass is 10.1. The van der Waals surface area contributed by atoms with E-state index in [1.54, 1.807) is 55.5 Å². The van der Waals surface area contributed by atoms with Crippen LogP contribution in [0.15, 0.2) is 87.2 Å². The van der Waals surface area contributed by atoms with Gasteiger partial charge in [-0.1, -0.05) is 83.9 Å². The number of nitrogens with zero attached hydrogens (tertiary/aromatic N) is 4. The third kappa shape index (κ3) is 14.4. The van der Waals surface area contributed by atoms with Gasteiger partial charge in [0.25, 0.3) is 0 Å². The fourth-order valence-electron chi connectivity index (χ4n) is 2.33. The fourth-order valence-corrected chi connectivity index (χ4v) is 2.33. The van der Waals surface area contributed by atoms with Gasteiger partial charge in [0.15, 0.2) is 0 Å². The molecule has 3 aromatic rings. The number of hydrogen-bond donors (Lipinski definition) is 3. The number of benzene rings is 3. The van der Waals surface area contributed by atoms with Crippen molar-refractivity contribution >= 4 is 49.9 Å². The molecule has 11 heteroatoms. The van der Waals surface area contributed by atoms with Gasteiger partial charge in [-0.3, -0.25) is 0 Å². The average molecular weight is 557 g/mol. The van der Waals surface area contributed by atoms with Gasteiger partial charge >= 0.3 is 5.97 Å². The second kappa shape index (κ2) is 19.0. The molecule has 0 spiro atoms. The summed E-state index contributed by atoms with van der Waals surface area (Å²) in [6.07, 6.45) is 3.72. The summed E-state index contributed by atoms with van der Waals surface area (Å²) in [5, 5.41) is 25.8. The van der Waals surface area contributed by atoms with Crippen molar-refractivity contribution in [1.29, 1.82) is 0 Å². The summed E-state index contributed by atoms with van der Waals surface area (Å²) in [5.74, 6) is -1.04. The van der Waals surface area contributed by atoms with Crippen LogP contribution >= 0.6 is 0 Å². The van der Waals surface area contributed by atoms with Crippen molar-refractivity contribution in [2.24, 2.45) is 20.5 Å². The number of carboxylic acids is 1. The molecule has 0 bridgehead atoms. The molecule has 3 rings (SSSR count). The molecule has 0 fully saturated rings. The topological polar surface area (TPSA) is 173 Å². The van der Waals surface area contributed by atoms with Crippen LogP contribution in [0.1, 0.15) is 57.8 Å². The molecule has 0 saturated carbocycles. The highest BCUT2D eigenvalue weighted by Crippen LogP contribution is 2.41. The zero-order valence-electron chi connectivity index (χ0n) is 23.5. The summed E-state index contributed by atoms with van der Waals surface area (Å²) in [7, 11) is -2.66. The van der Waals surface area contributed by atoms with Crippen LogP contribution in [0, 0.1) is 0 Å². The van der Waals surface area contributed by atoms with Gasteiger partial charge in [-0.25, -0.2) is 13.2 Å². The first-order valence-electron chi connectivity index (χ1n) is 12.5. The number of aromatic carboxylic acids is 1. The highest BCUT2D eigenvalue weighted by atomic mass is 32.2. The number of hydrogen-bond acceptors (Lipinski definition) is 9. The Balaban J connectivity index is 0.00000102. The average Bonchev–Trinajstić information content (AvgIpc) is 2.89. The molecule has 212 valence electrons. The minimum Gasteiger partial charge on any atom is -0.478 e. The van der Waals surface area contributed by atoms with E-state index in [1.165, 1.54) is 25.2 Å². The van der Waals surface area contributed by atoms with E-state index in [1.807, 2.05) is 12.1 Å². The lowest BCUT2D eigenvalue weighted by Crippen LogP contribution is -2.03. The van der Waals surface area contributed by atoms with Crippen LogP contribution in [0.25, 0.3) is 0 Å². The lowest BCUT2D eigenvalue weighted by molar-refractivity contribution is 0.0698. The summed E-state index contributed by atoms with van der Waals surface area (Å²) in [6.45, 7) is 10.1. The molecule has 3 aromatic carbocycles. The molecule has 0 saturated heterocycles. The quantitative estimate of drug-likeness (QED) is 0.203. The molecular weight excluding hydrogens is 516 g/mol. The van der Waals surface area contributed by atoms with Gasteiger partial charge in [0.05, 0.1) is 22.7 Å². The Morgan fingerprint density at radius 1 is 0.718 bits per heavy atom. The molecule has 5 N–H and O–H groups in total. The van der Waals surface area contributed by atoms with Gasteiger partial charge in [0.2, 0.25) is 0 Å². The number of azo groups is 2. The van der Waals surface area contributed by atoms with E-state index in [2.05, 4.69) is 48.2 Å². The second-order valence-electron chi connectivity index (χ2n) is 8.13. The van der Waals surface area contributed by atoms with Crippen LogP contribution in [0.2, 0.25) is 0 Å². The highest BCUT2D eigenvalue weighted by molar-refractivity contribution is 7.90. The predicted molar refractivity (Wildman–Crippen MR) is 161 cm³/mol. The smallest absolute Gasteiger partial charge is 0.340 e. The fraction of sp³-hybridized carbons (Fsp3) is 0.321. The van der Waals surface area contributed by atoms with E-state index in [0.29, 0.717) is 11.4 Å². The summed E-state index contributed by atoms with van der Waals surface area (Å²) in [4.78, 5) is 11.9. The van der Waals surface area contributed by atoms with Crippen LogP contribution in [0.5, 0.6) is 0 Å². The van der Waals surface area contributed by atoms with Crippen LogP contribution < -0.4 is 11.5 Å². The van der Waals surface area contributed by atoms with Crippen molar-refractivity contribution in [1.82, 2.24) is 0 Å². The standard InChI is InChI=1S/C19H16N6O2.C3H8O2S.2C3H8/c20-14-11-15(21)18(25-23-13-9-5-2-6-10-13)16(19(26)27)17(14)24-22-12-7-3-1-4-8-12;1-3-6(2,4)5;2*1-3-2/h1-11H,20-21H2,(H,26,27);3H2,1-2H3;2*3H2,1-2H3. The summed E-state index contributed by atoms with van der Waals surface area (Å²) in [6, 6.07) is 19.1. The number of nitrogen functional groups attached to an aromatic ring is 2. The molecule has 0 aliphatic heterocycles. The summed E-state index contributed by atoms with van der Waals surface area (Å²) < 4.78 is 20.0. The van der Waals surface area contributed by atoms with Crippen molar-refractivity contribution in [3.05, 3.63) is 72.3 Å². The van der Waals surface area contributed by atoms with Crippen molar-refractivity contribution < 1.29 is 18.3 Å². The Hall–Kier alpha value is -4.12. The molecule has 0 unspecified atom stereocenters. The van der Waals surface area contributed by atoms with E-state index >= 15 is 0 Å². The number of nitrogens with two attached hydrogens (primary N) is 2. The van der Waals surface area contributed by atoms with E-state index in [0.717, 1.165) is 0 Å². The number of sulfone groups is 1. The van der Waals surface area contributed by atoms with Gasteiger partial charge in [0.1, 0.15) is 26.8 Å². The maximum atomic E-state index is 11.9. The number of rotatable bonds is 6. The Bertz CT molecular complexity index is 1220. The van der Waals surface area contributed by atoms with E-state index in [-0.39, 0.29) is 34.1 Å². The summed E-state index contributed by atoms with van der Waals surface area (Å²) >= 11 is 0. The van der Waals surface area contributed by atoms with Gasteiger partial charge in [-0.2, -0.15) is 10.2 Å². The molecule has 39 heavy (non-hydrogen) atoms. The van der Waals surface area contributed by atoms with Crippen molar-refractivity contribution in [3.8, 4) is 0 Å². The van der Waals surface area contributed by atoms with Crippen LogP contribution in [0.4, 0.5) is 34.1 Å². The Kier molecular flexibility index (Phi) is 17.0. The molecular formula is C28H40N6O4S. The van der Waals surface area contributed by atoms with Crippen molar-refractivity contribution in [2.45, 2.75) is 47.5 Å². The summed E-state index contributed by atoms with van der Waals surface area (Å²) in [5.41, 5.74) is 12.8. The predicted octanol–water partition coefficient (Wildman–Crippen LogP) is 8.26. The zero-order valence-corrected chi connectivity index (χ0v) is 24.3. The minimum atomic E-state index is -2.66. The van der Waals surface area contributed by atoms with Crippen molar-refractivity contribution in [2.75, 3.05) is 23.5 Å². The number of carboxylic acid groups (broad SMARTS) is 1. The van der Waals surface area contributed by atoms with E-state index < -0.39 is 15.8 Å². The van der Waals surface area contributed by atoms with Crippen molar-refractivity contribution in [3.63, 3.8) is 0 Å². The number of carbonyl (C=O) groups is 1. The van der Waals surface area contributed by atoms with Crippen LogP contribution in [-0.2, 0) is 9.84 Å². The van der Waals surface area contributed by atoms with Gasteiger partial charge in [0, 0.05) is 12.0 Å². The lowest BCUT2D eigenvalue weighted by Gasteiger charge is -2.09. The van der Waals surface area contributed by atoms with E-state index in [9.17, 15) is 18.3 Å². The molecule has 0 heterocycles. The van der Waals surface area contributed by atoms with Crippen LogP contribution in [0.3, 0.4) is 0 Å². The first-order valence-corrected chi connectivity index (χ1v) is 14.6. The Morgan fingerprint density at radius 3 is 1.28 bits per heavy atom. The second-order valence-corrected chi connectivity index (χ2v) is 10.6. The largest absolute Gasteiger partial charge is 0.478 e. The minimum absolute atomic E-state index is 0.0254. The SMILES string of the molecule is CCC.CCC.CCS(C)(=O)=O.Nc1cc(N)c(N=Nc2ccccc2)c(C(=O)O)c1N=Nc1ccccc1. The van der Waals surface area contributed by atoms with Crippen LogP contribution in [-0.4, -0.2) is 31.5 Å². The molecule has 0 aliphatic carbocycles. The molecule has 0 amide bonds. The molecule has 0 aliphatic rings. The third-order valence-electron chi connectivity index (χ3n) is 4.11. The van der Waals surface area contributed by atoms with E-state index in [4.69, 9.17) is 11.5 Å². The zero-order chi connectivity index (χ0) is 29.8. The maximum Gasteiger partial charge on any atom is 0.340 e. The Morgan fingerprint density at radius 2 is 1.03 bits per heavy atom. The Labute approximate surface area is 231 Å². The molecule has 0 radical (unpaired) electrons. The van der Waals surface area contributed by atoms with Gasteiger partial charge < -0.3 is 16.6 Å². The first kappa shape index (κ1) is 34.9.